The molecule has 174 valence electrons. The molecule has 0 heterocycles. The van der Waals surface area contributed by atoms with E-state index in [1.54, 1.807) is 6.08 Å². The standard InChI is InChI=1S/C8H3F5.C8H8O3S.C8H8.Na/c1-2-3-4(9)6(11)8(13)7(12)5(3)10;1-2-7-3-5-8(6-4-7)12(9,10)11;1-2-8-6-4-3-5-7-8;/h2H,1H2;2-6H,1H2,(H,9,10,11);2-7H,1H2;/q;;;+1/p-1. The molecule has 10 heteroatoms. The van der Waals surface area contributed by atoms with Gasteiger partial charge >= 0.3 is 29.6 Å². The van der Waals surface area contributed by atoms with Gasteiger partial charge in [0.25, 0.3) is 0 Å². The molecule has 0 N–H and O–H groups in total. The van der Waals surface area contributed by atoms with Crippen LogP contribution in [0.3, 0.4) is 0 Å². The maximum atomic E-state index is 12.6. The Morgan fingerprint density at radius 3 is 1.32 bits per heavy atom. The van der Waals surface area contributed by atoms with Gasteiger partial charge in [-0.3, -0.25) is 0 Å². The molecule has 0 aliphatic heterocycles. The van der Waals surface area contributed by atoms with Crippen molar-refractivity contribution in [1.82, 2.24) is 0 Å². The molecule has 0 aromatic heterocycles. The van der Waals surface area contributed by atoms with Crippen molar-refractivity contribution in [1.29, 1.82) is 0 Å². The van der Waals surface area contributed by atoms with Crippen LogP contribution >= 0.6 is 0 Å². The summed E-state index contributed by atoms with van der Waals surface area (Å²) in [6.45, 7) is 10.1. The second-order valence-corrected chi connectivity index (χ2v) is 7.41. The summed E-state index contributed by atoms with van der Waals surface area (Å²) in [6, 6.07) is 15.6. The number of halogens is 5. The summed E-state index contributed by atoms with van der Waals surface area (Å²) in [6.07, 6.45) is 3.97. The summed E-state index contributed by atoms with van der Waals surface area (Å²) in [7, 11) is -4.31. The fourth-order valence-electron chi connectivity index (χ4n) is 2.16. The van der Waals surface area contributed by atoms with Gasteiger partial charge in [0.15, 0.2) is 23.3 Å². The Hall–Kier alpha value is -2.56. The molecule has 0 saturated heterocycles. The monoisotopic (exact) mass is 504 g/mol. The average Bonchev–Trinajstić information content (AvgIpc) is 2.82. The first-order valence-corrected chi connectivity index (χ1v) is 10.4. The number of rotatable bonds is 4. The Balaban J connectivity index is 0.000000486. The molecule has 0 radical (unpaired) electrons. The summed E-state index contributed by atoms with van der Waals surface area (Å²) in [5.41, 5.74) is 0.936. The van der Waals surface area contributed by atoms with E-state index in [2.05, 4.69) is 19.7 Å². The zero-order valence-electron chi connectivity index (χ0n) is 18.1. The quantitative estimate of drug-likeness (QED) is 0.180. The van der Waals surface area contributed by atoms with Crippen LogP contribution in [0.15, 0.2) is 79.2 Å². The van der Waals surface area contributed by atoms with Crippen molar-refractivity contribution < 1.29 is 64.5 Å². The molecule has 0 fully saturated rings. The van der Waals surface area contributed by atoms with Crippen molar-refractivity contribution >= 4 is 28.3 Å². The Kier molecular flexibility index (Phi) is 13.5. The minimum absolute atomic E-state index is 0. The largest absolute Gasteiger partial charge is 1.00 e. The summed E-state index contributed by atoms with van der Waals surface area (Å²) in [5, 5.41) is 0. The van der Waals surface area contributed by atoms with Crippen LogP contribution in [0, 0.1) is 29.1 Å². The third kappa shape index (κ3) is 9.00. The van der Waals surface area contributed by atoms with E-state index < -0.39 is 44.8 Å². The predicted octanol–water partition coefficient (Wildman–Crippen LogP) is 3.59. The van der Waals surface area contributed by atoms with E-state index in [0.717, 1.165) is 5.56 Å². The average molecular weight is 504 g/mol. The van der Waals surface area contributed by atoms with E-state index in [9.17, 15) is 34.9 Å². The second-order valence-electron chi connectivity index (χ2n) is 6.03. The first kappa shape index (κ1) is 31.4. The van der Waals surface area contributed by atoms with Gasteiger partial charge in [0, 0.05) is 0 Å². The van der Waals surface area contributed by atoms with Crippen LogP contribution in [-0.2, 0) is 10.1 Å². The molecule has 3 rings (SSSR count). The first-order chi connectivity index (χ1) is 15.5. The van der Waals surface area contributed by atoms with Gasteiger partial charge in [-0.1, -0.05) is 80.4 Å². The molecule has 0 saturated carbocycles. The van der Waals surface area contributed by atoms with Gasteiger partial charge in [-0.15, -0.1) is 0 Å². The maximum Gasteiger partial charge on any atom is 1.00 e. The zero-order valence-corrected chi connectivity index (χ0v) is 20.9. The molecule has 0 amide bonds. The van der Waals surface area contributed by atoms with Crippen molar-refractivity contribution in [2.45, 2.75) is 4.90 Å². The van der Waals surface area contributed by atoms with Gasteiger partial charge in [0.2, 0.25) is 5.82 Å². The molecule has 3 aromatic carbocycles. The van der Waals surface area contributed by atoms with E-state index >= 15 is 0 Å². The minimum atomic E-state index is -4.31. The van der Waals surface area contributed by atoms with Crippen LogP contribution in [-0.4, -0.2) is 13.0 Å². The predicted molar refractivity (Wildman–Crippen MR) is 117 cm³/mol. The van der Waals surface area contributed by atoms with E-state index in [1.165, 1.54) is 29.8 Å². The molecular formula is C24H18F5NaO3S. The summed E-state index contributed by atoms with van der Waals surface area (Å²) >= 11 is 0. The van der Waals surface area contributed by atoms with Gasteiger partial charge in [0.1, 0.15) is 10.1 Å². The summed E-state index contributed by atoms with van der Waals surface area (Å²) in [4.78, 5) is -0.215. The third-order valence-electron chi connectivity index (χ3n) is 3.89. The van der Waals surface area contributed by atoms with Crippen LogP contribution in [0.25, 0.3) is 18.2 Å². The molecular weight excluding hydrogens is 486 g/mol. The molecule has 34 heavy (non-hydrogen) atoms. The first-order valence-electron chi connectivity index (χ1n) is 8.97. The van der Waals surface area contributed by atoms with E-state index in [-0.39, 0.29) is 34.5 Å². The topological polar surface area (TPSA) is 57.2 Å². The molecule has 0 bridgehead atoms. The van der Waals surface area contributed by atoms with Crippen LogP contribution in [0.4, 0.5) is 22.0 Å². The van der Waals surface area contributed by atoms with E-state index in [1.807, 2.05) is 36.4 Å². The molecule has 0 atom stereocenters. The van der Waals surface area contributed by atoms with Crippen LogP contribution in [0.5, 0.6) is 0 Å². The molecule has 0 spiro atoms. The molecule has 3 aromatic rings. The maximum absolute atomic E-state index is 12.6. The van der Waals surface area contributed by atoms with Crippen molar-refractivity contribution in [2.24, 2.45) is 0 Å². The fraction of sp³-hybridized carbons (Fsp3) is 0. The zero-order chi connectivity index (χ0) is 25.2. The smallest absolute Gasteiger partial charge is 0.744 e. The van der Waals surface area contributed by atoms with E-state index in [0.29, 0.717) is 6.08 Å². The van der Waals surface area contributed by atoms with Gasteiger partial charge in [0.05, 0.1) is 10.5 Å². The third-order valence-corrected chi connectivity index (χ3v) is 4.74. The fourth-order valence-corrected chi connectivity index (χ4v) is 2.63. The molecule has 0 aliphatic carbocycles. The van der Waals surface area contributed by atoms with Gasteiger partial charge in [-0.2, -0.15) is 0 Å². The van der Waals surface area contributed by atoms with Gasteiger partial charge < -0.3 is 4.55 Å². The number of benzene rings is 3. The second kappa shape index (κ2) is 14.6. The van der Waals surface area contributed by atoms with Gasteiger partial charge in [-0.05, 0) is 23.3 Å². The Morgan fingerprint density at radius 1 is 0.618 bits per heavy atom. The van der Waals surface area contributed by atoms with Crippen molar-refractivity contribution in [2.75, 3.05) is 0 Å². The van der Waals surface area contributed by atoms with Crippen molar-refractivity contribution in [3.63, 3.8) is 0 Å². The molecule has 0 unspecified atom stereocenters. The number of hydrogen-bond donors (Lipinski definition) is 0. The molecule has 3 nitrogen and oxygen atoms in total. The number of hydrogen-bond acceptors (Lipinski definition) is 3. The summed E-state index contributed by atoms with van der Waals surface area (Å²) in [5.74, 6) is -9.83. The normalized spacial score (nSPS) is 9.82. The van der Waals surface area contributed by atoms with Crippen molar-refractivity contribution in [3.8, 4) is 0 Å². The Bertz CT molecular complexity index is 1200. The van der Waals surface area contributed by atoms with Crippen molar-refractivity contribution in [3.05, 3.63) is 120 Å². The minimum Gasteiger partial charge on any atom is -0.744 e. The van der Waals surface area contributed by atoms with Crippen LogP contribution in [0.1, 0.15) is 16.7 Å². The summed E-state index contributed by atoms with van der Waals surface area (Å²) < 4.78 is 93.7. The SMILES string of the molecule is C=Cc1c(F)c(F)c(F)c(F)c1F.C=Cc1ccc(S(=O)(=O)[O-])cc1.C=Cc1ccccc1.[Na+]. The van der Waals surface area contributed by atoms with E-state index in [4.69, 9.17) is 0 Å². The van der Waals surface area contributed by atoms with Gasteiger partial charge in [-0.25, -0.2) is 30.4 Å². The Morgan fingerprint density at radius 2 is 1.00 bits per heavy atom. The Labute approximate surface area is 217 Å². The van der Waals surface area contributed by atoms with Crippen LogP contribution in [0.2, 0.25) is 0 Å². The van der Waals surface area contributed by atoms with Crippen LogP contribution < -0.4 is 29.6 Å². The molecule has 0 aliphatic rings.